The lowest BCUT2D eigenvalue weighted by atomic mass is 9.97. The molecule has 0 fully saturated rings. The van der Waals surface area contributed by atoms with Gasteiger partial charge in [0.15, 0.2) is 0 Å². The normalized spacial score (nSPS) is 12.4. The highest BCUT2D eigenvalue weighted by Gasteiger charge is 2.20. The van der Waals surface area contributed by atoms with E-state index >= 15 is 0 Å². The van der Waals surface area contributed by atoms with Crippen LogP contribution >= 0.6 is 0 Å². The second-order valence-electron chi connectivity index (χ2n) is 4.42. The summed E-state index contributed by atoms with van der Waals surface area (Å²) in [6.07, 6.45) is 0.0144. The summed E-state index contributed by atoms with van der Waals surface area (Å²) in [6, 6.07) is 5.94. The molecule has 20 heavy (non-hydrogen) atoms. The minimum absolute atomic E-state index is 0.0144. The molecule has 1 N–H and O–H groups in total. The van der Waals surface area contributed by atoms with Crippen molar-refractivity contribution >= 4 is 0 Å². The standard InChI is InChI=1S/C15H13F4N/c1-20-14(15-11(17)3-2-4-12(15)18)7-9-5-6-10(16)8-13(9)19/h2-6,8,14,20H,7H2,1H3. The molecule has 2 aromatic carbocycles. The molecule has 0 saturated heterocycles. The zero-order chi connectivity index (χ0) is 14.7. The van der Waals surface area contributed by atoms with Crippen molar-refractivity contribution in [2.24, 2.45) is 0 Å². The van der Waals surface area contributed by atoms with Crippen LogP contribution in [0.15, 0.2) is 36.4 Å². The molecule has 0 aliphatic carbocycles. The molecule has 0 aromatic heterocycles. The molecule has 0 aliphatic heterocycles. The van der Waals surface area contributed by atoms with Gasteiger partial charge in [-0.1, -0.05) is 12.1 Å². The van der Waals surface area contributed by atoms with Crippen LogP contribution in [0, 0.1) is 23.3 Å². The molecule has 106 valence electrons. The van der Waals surface area contributed by atoms with E-state index in [1.807, 2.05) is 0 Å². The lowest BCUT2D eigenvalue weighted by molar-refractivity contribution is 0.480. The van der Waals surface area contributed by atoms with E-state index in [1.54, 1.807) is 0 Å². The molecule has 1 nitrogen and oxygen atoms in total. The maximum Gasteiger partial charge on any atom is 0.130 e. The smallest absolute Gasteiger partial charge is 0.130 e. The molecular weight excluding hydrogens is 270 g/mol. The van der Waals surface area contributed by atoms with Gasteiger partial charge in [-0.25, -0.2) is 17.6 Å². The first-order valence-corrected chi connectivity index (χ1v) is 6.08. The Hall–Kier alpha value is -1.88. The summed E-state index contributed by atoms with van der Waals surface area (Å²) in [4.78, 5) is 0. The number of halogens is 4. The van der Waals surface area contributed by atoms with E-state index < -0.39 is 29.3 Å². The van der Waals surface area contributed by atoms with Crippen LogP contribution in [-0.4, -0.2) is 7.05 Å². The molecule has 5 heteroatoms. The zero-order valence-corrected chi connectivity index (χ0v) is 10.8. The Labute approximate surface area is 114 Å². The van der Waals surface area contributed by atoms with Crippen LogP contribution in [0.25, 0.3) is 0 Å². The number of rotatable bonds is 4. The highest BCUT2D eigenvalue weighted by atomic mass is 19.1. The van der Waals surface area contributed by atoms with Gasteiger partial charge in [-0.2, -0.15) is 0 Å². The molecule has 0 spiro atoms. The third-order valence-corrected chi connectivity index (χ3v) is 3.14. The van der Waals surface area contributed by atoms with Gasteiger partial charge in [-0.3, -0.25) is 0 Å². The predicted octanol–water partition coefficient (Wildman–Crippen LogP) is 3.75. The second-order valence-corrected chi connectivity index (χ2v) is 4.42. The lowest BCUT2D eigenvalue weighted by Gasteiger charge is -2.18. The number of likely N-dealkylation sites (N-methyl/N-ethyl adjacent to an activating group) is 1. The Morgan fingerprint density at radius 1 is 0.950 bits per heavy atom. The van der Waals surface area contributed by atoms with Gasteiger partial charge < -0.3 is 5.32 Å². The Morgan fingerprint density at radius 3 is 2.15 bits per heavy atom. The monoisotopic (exact) mass is 283 g/mol. The van der Waals surface area contributed by atoms with E-state index in [2.05, 4.69) is 5.32 Å². The van der Waals surface area contributed by atoms with Crippen molar-refractivity contribution in [3.8, 4) is 0 Å². The van der Waals surface area contributed by atoms with Gasteiger partial charge in [0, 0.05) is 17.7 Å². The molecule has 1 unspecified atom stereocenters. The second kappa shape index (κ2) is 6.05. The number of hydrogen-bond donors (Lipinski definition) is 1. The zero-order valence-electron chi connectivity index (χ0n) is 10.8. The van der Waals surface area contributed by atoms with Gasteiger partial charge in [0.2, 0.25) is 0 Å². The summed E-state index contributed by atoms with van der Waals surface area (Å²) in [5.74, 6) is -2.83. The van der Waals surface area contributed by atoms with Crippen molar-refractivity contribution in [1.29, 1.82) is 0 Å². The van der Waals surface area contributed by atoms with Gasteiger partial charge >= 0.3 is 0 Å². The van der Waals surface area contributed by atoms with Crippen LogP contribution < -0.4 is 5.32 Å². The highest BCUT2D eigenvalue weighted by molar-refractivity contribution is 5.27. The van der Waals surface area contributed by atoms with E-state index in [-0.39, 0.29) is 17.5 Å². The van der Waals surface area contributed by atoms with Crippen molar-refractivity contribution in [1.82, 2.24) is 5.32 Å². The SMILES string of the molecule is CNC(Cc1ccc(F)cc1F)c1c(F)cccc1F. The number of hydrogen-bond acceptors (Lipinski definition) is 1. The van der Waals surface area contributed by atoms with Crippen LogP contribution in [0.4, 0.5) is 17.6 Å². The third-order valence-electron chi connectivity index (χ3n) is 3.14. The summed E-state index contributed by atoms with van der Waals surface area (Å²) in [5.41, 5.74) is 0.0344. The van der Waals surface area contributed by atoms with E-state index in [1.165, 1.54) is 19.2 Å². The first-order chi connectivity index (χ1) is 9.52. The summed E-state index contributed by atoms with van der Waals surface area (Å²) in [5, 5.41) is 2.75. The number of benzene rings is 2. The summed E-state index contributed by atoms with van der Waals surface area (Å²) in [7, 11) is 1.53. The minimum Gasteiger partial charge on any atom is -0.313 e. The number of nitrogens with one attached hydrogen (secondary N) is 1. The fourth-order valence-corrected chi connectivity index (χ4v) is 2.10. The predicted molar refractivity (Wildman–Crippen MR) is 68.2 cm³/mol. The fraction of sp³-hybridized carbons (Fsp3) is 0.200. The summed E-state index contributed by atoms with van der Waals surface area (Å²) < 4.78 is 53.9. The van der Waals surface area contributed by atoms with Crippen LogP contribution in [0.1, 0.15) is 17.2 Å². The van der Waals surface area contributed by atoms with E-state index in [4.69, 9.17) is 0 Å². The average molecular weight is 283 g/mol. The van der Waals surface area contributed by atoms with E-state index in [0.29, 0.717) is 0 Å². The average Bonchev–Trinajstić information content (AvgIpc) is 2.39. The van der Waals surface area contributed by atoms with Gasteiger partial charge in [-0.15, -0.1) is 0 Å². The Bertz CT molecular complexity index is 593. The topological polar surface area (TPSA) is 12.0 Å². The molecular formula is C15H13F4N. The first kappa shape index (κ1) is 14.5. The van der Waals surface area contributed by atoms with Crippen molar-refractivity contribution < 1.29 is 17.6 Å². The van der Waals surface area contributed by atoms with Crippen LogP contribution in [0.2, 0.25) is 0 Å². The van der Waals surface area contributed by atoms with Crippen LogP contribution in [0.5, 0.6) is 0 Å². The fourth-order valence-electron chi connectivity index (χ4n) is 2.10. The van der Waals surface area contributed by atoms with Crippen molar-refractivity contribution in [3.05, 3.63) is 70.8 Å². The highest BCUT2D eigenvalue weighted by Crippen LogP contribution is 2.25. The van der Waals surface area contributed by atoms with Crippen molar-refractivity contribution in [3.63, 3.8) is 0 Å². The summed E-state index contributed by atoms with van der Waals surface area (Å²) in [6.45, 7) is 0. The molecule has 0 aliphatic rings. The van der Waals surface area contributed by atoms with Gasteiger partial charge in [0.1, 0.15) is 23.3 Å². The van der Waals surface area contributed by atoms with Gasteiger partial charge in [0.25, 0.3) is 0 Å². The maximum absolute atomic E-state index is 13.7. The van der Waals surface area contributed by atoms with Crippen molar-refractivity contribution in [2.45, 2.75) is 12.5 Å². The molecule has 1 atom stereocenters. The summed E-state index contributed by atoms with van der Waals surface area (Å²) >= 11 is 0. The molecule has 2 rings (SSSR count). The molecule has 0 radical (unpaired) electrons. The Balaban J connectivity index is 2.34. The Morgan fingerprint density at radius 2 is 1.60 bits per heavy atom. The molecule has 0 heterocycles. The van der Waals surface area contributed by atoms with Crippen molar-refractivity contribution in [2.75, 3.05) is 7.05 Å². The maximum atomic E-state index is 13.7. The third kappa shape index (κ3) is 2.99. The van der Waals surface area contributed by atoms with E-state index in [9.17, 15) is 17.6 Å². The van der Waals surface area contributed by atoms with Crippen LogP contribution in [-0.2, 0) is 6.42 Å². The minimum atomic E-state index is -0.740. The molecule has 0 bridgehead atoms. The quantitative estimate of drug-likeness (QED) is 0.843. The molecule has 0 saturated carbocycles. The van der Waals surface area contributed by atoms with Gasteiger partial charge in [-0.05, 0) is 37.2 Å². The molecule has 2 aromatic rings. The van der Waals surface area contributed by atoms with Gasteiger partial charge in [0.05, 0.1) is 0 Å². The largest absolute Gasteiger partial charge is 0.313 e. The molecule has 0 amide bonds. The van der Waals surface area contributed by atoms with Crippen LogP contribution in [0.3, 0.4) is 0 Å². The Kier molecular flexibility index (Phi) is 4.39. The first-order valence-electron chi connectivity index (χ1n) is 6.08. The lowest BCUT2D eigenvalue weighted by Crippen LogP contribution is -2.22. The van der Waals surface area contributed by atoms with E-state index in [0.717, 1.165) is 24.3 Å².